The van der Waals surface area contributed by atoms with E-state index in [0.717, 1.165) is 5.56 Å². The molecule has 0 radical (unpaired) electrons. The topological polar surface area (TPSA) is 38.7 Å². The van der Waals surface area contributed by atoms with Crippen LogP contribution in [0.1, 0.15) is 24.2 Å². The average molecular weight is 314 g/mol. The third-order valence-electron chi connectivity index (χ3n) is 2.88. The zero-order valence-electron chi connectivity index (χ0n) is 11.5. The van der Waals surface area contributed by atoms with Gasteiger partial charge in [-0.2, -0.15) is 20.1 Å². The first kappa shape index (κ1) is 15.7. The van der Waals surface area contributed by atoms with Gasteiger partial charge in [0, 0.05) is 6.42 Å². The summed E-state index contributed by atoms with van der Waals surface area (Å²) in [6, 6.07) is 6.43. The summed E-state index contributed by atoms with van der Waals surface area (Å²) in [6.07, 6.45) is -0.260. The molecule has 0 aliphatic heterocycles. The van der Waals surface area contributed by atoms with Crippen molar-refractivity contribution in [3.63, 3.8) is 0 Å². The molecule has 1 unspecified atom stereocenters. The molecule has 21 heavy (non-hydrogen) atoms. The maximum Gasteiger partial charge on any atom is 0.387 e. The molecule has 1 atom stereocenters. The van der Waals surface area contributed by atoms with Crippen LogP contribution in [0.3, 0.4) is 0 Å². The van der Waals surface area contributed by atoms with Crippen LogP contribution >= 0.6 is 11.3 Å². The predicted octanol–water partition coefficient (Wildman–Crippen LogP) is 4.02. The highest BCUT2D eigenvalue weighted by Crippen LogP contribution is 2.32. The fourth-order valence-electron chi connectivity index (χ4n) is 1.94. The molecule has 0 saturated carbocycles. The Morgan fingerprint density at radius 1 is 1.24 bits per heavy atom. The van der Waals surface area contributed by atoms with E-state index in [2.05, 4.69) is 4.74 Å². The number of aliphatic hydroxyl groups is 1. The minimum atomic E-state index is -2.91. The second kappa shape index (κ2) is 7.38. The summed E-state index contributed by atoms with van der Waals surface area (Å²) in [7, 11) is 0. The quantitative estimate of drug-likeness (QED) is 0.839. The summed E-state index contributed by atoms with van der Waals surface area (Å²) in [4.78, 5) is 0. The fraction of sp³-hybridized carbons (Fsp3) is 0.333. The molecule has 1 N–H and O–H groups in total. The third-order valence-corrected chi connectivity index (χ3v) is 3.61. The number of benzene rings is 1. The fourth-order valence-corrected chi connectivity index (χ4v) is 2.62. The second-order valence-electron chi connectivity index (χ2n) is 4.37. The van der Waals surface area contributed by atoms with Gasteiger partial charge in [-0.25, -0.2) is 0 Å². The van der Waals surface area contributed by atoms with Crippen LogP contribution in [0.2, 0.25) is 0 Å². The summed E-state index contributed by atoms with van der Waals surface area (Å²) >= 11 is 1.56. The molecule has 0 saturated heterocycles. The van der Waals surface area contributed by atoms with E-state index >= 15 is 0 Å². The van der Waals surface area contributed by atoms with Gasteiger partial charge < -0.3 is 14.6 Å². The lowest BCUT2D eigenvalue weighted by molar-refractivity contribution is -0.0514. The number of ether oxygens (including phenoxy) is 2. The Bertz CT molecular complexity index is 558. The van der Waals surface area contributed by atoms with Gasteiger partial charge in [-0.15, -0.1) is 0 Å². The van der Waals surface area contributed by atoms with Gasteiger partial charge in [0.1, 0.15) is 0 Å². The van der Waals surface area contributed by atoms with Crippen LogP contribution in [0.5, 0.6) is 11.5 Å². The first-order valence-electron chi connectivity index (χ1n) is 6.50. The number of alkyl halides is 2. The zero-order chi connectivity index (χ0) is 15.2. The lowest BCUT2D eigenvalue weighted by Crippen LogP contribution is -2.06. The maximum absolute atomic E-state index is 12.3. The van der Waals surface area contributed by atoms with Crippen molar-refractivity contribution in [3.8, 4) is 11.5 Å². The summed E-state index contributed by atoms with van der Waals surface area (Å²) in [5.74, 6) is 0.179. The summed E-state index contributed by atoms with van der Waals surface area (Å²) in [5.41, 5.74) is 1.63. The van der Waals surface area contributed by atoms with E-state index in [0.29, 0.717) is 18.6 Å². The molecule has 1 aromatic heterocycles. The normalized spacial score (nSPS) is 12.4. The van der Waals surface area contributed by atoms with Gasteiger partial charge in [0.2, 0.25) is 0 Å². The van der Waals surface area contributed by atoms with Gasteiger partial charge in [0.05, 0.1) is 12.7 Å². The van der Waals surface area contributed by atoms with Crippen molar-refractivity contribution in [2.75, 3.05) is 6.61 Å². The largest absolute Gasteiger partial charge is 0.490 e. The Labute approximate surface area is 125 Å². The van der Waals surface area contributed by atoms with Crippen LogP contribution in [0, 0.1) is 0 Å². The molecule has 114 valence electrons. The molecule has 0 amide bonds. The first-order chi connectivity index (χ1) is 10.1. The van der Waals surface area contributed by atoms with Crippen LogP contribution in [0.15, 0.2) is 35.0 Å². The van der Waals surface area contributed by atoms with Gasteiger partial charge >= 0.3 is 6.61 Å². The molecule has 0 bridgehead atoms. The van der Waals surface area contributed by atoms with Gasteiger partial charge in [-0.3, -0.25) is 0 Å². The van der Waals surface area contributed by atoms with Crippen molar-refractivity contribution < 1.29 is 23.4 Å². The minimum absolute atomic E-state index is 0.0293. The minimum Gasteiger partial charge on any atom is -0.490 e. The lowest BCUT2D eigenvalue weighted by atomic mass is 10.0. The van der Waals surface area contributed by atoms with Crippen LogP contribution < -0.4 is 9.47 Å². The van der Waals surface area contributed by atoms with E-state index in [-0.39, 0.29) is 11.5 Å². The average Bonchev–Trinajstić information content (AvgIpc) is 2.93. The van der Waals surface area contributed by atoms with Crippen LogP contribution in [-0.4, -0.2) is 18.3 Å². The molecule has 2 rings (SSSR count). The van der Waals surface area contributed by atoms with Gasteiger partial charge in [0.15, 0.2) is 11.5 Å². The highest BCUT2D eigenvalue weighted by Gasteiger charge is 2.15. The van der Waals surface area contributed by atoms with Gasteiger partial charge in [0.25, 0.3) is 0 Å². The van der Waals surface area contributed by atoms with Crippen LogP contribution in [-0.2, 0) is 6.42 Å². The van der Waals surface area contributed by atoms with E-state index in [1.807, 2.05) is 16.8 Å². The van der Waals surface area contributed by atoms with Crippen molar-refractivity contribution in [1.29, 1.82) is 0 Å². The number of hydrogen-bond acceptors (Lipinski definition) is 4. The molecular weight excluding hydrogens is 298 g/mol. The molecule has 0 aliphatic rings. The zero-order valence-corrected chi connectivity index (χ0v) is 12.3. The Morgan fingerprint density at radius 2 is 2.05 bits per heavy atom. The van der Waals surface area contributed by atoms with E-state index in [1.54, 1.807) is 24.3 Å². The predicted molar refractivity (Wildman–Crippen MR) is 77.2 cm³/mol. The molecular formula is C15H16F2O3S. The van der Waals surface area contributed by atoms with E-state index < -0.39 is 12.7 Å². The van der Waals surface area contributed by atoms with Gasteiger partial charge in [-0.1, -0.05) is 6.07 Å². The maximum atomic E-state index is 12.3. The summed E-state index contributed by atoms with van der Waals surface area (Å²) < 4.78 is 34.3. The number of thiophene rings is 1. The number of aliphatic hydroxyl groups excluding tert-OH is 1. The van der Waals surface area contributed by atoms with Crippen LogP contribution in [0.25, 0.3) is 0 Å². The second-order valence-corrected chi connectivity index (χ2v) is 5.15. The monoisotopic (exact) mass is 314 g/mol. The Balaban J connectivity index is 2.17. The molecule has 0 fully saturated rings. The SMILES string of the molecule is CCOc1cc(C(O)Cc2ccsc2)ccc1OC(F)F. The lowest BCUT2D eigenvalue weighted by Gasteiger charge is -2.15. The first-order valence-corrected chi connectivity index (χ1v) is 7.45. The number of halogens is 2. The number of hydrogen-bond donors (Lipinski definition) is 1. The van der Waals surface area contributed by atoms with Crippen molar-refractivity contribution in [2.45, 2.75) is 26.1 Å². The Hall–Kier alpha value is -1.66. The van der Waals surface area contributed by atoms with Gasteiger partial charge in [-0.05, 0) is 47.0 Å². The van der Waals surface area contributed by atoms with Crippen molar-refractivity contribution in [1.82, 2.24) is 0 Å². The van der Waals surface area contributed by atoms with E-state index in [9.17, 15) is 13.9 Å². The molecule has 6 heteroatoms. The van der Waals surface area contributed by atoms with Crippen LogP contribution in [0.4, 0.5) is 8.78 Å². The molecule has 3 nitrogen and oxygen atoms in total. The van der Waals surface area contributed by atoms with Crippen molar-refractivity contribution >= 4 is 11.3 Å². The molecule has 2 aromatic rings. The highest BCUT2D eigenvalue weighted by atomic mass is 32.1. The number of rotatable bonds is 7. The smallest absolute Gasteiger partial charge is 0.387 e. The Kier molecular flexibility index (Phi) is 5.52. The van der Waals surface area contributed by atoms with Crippen molar-refractivity contribution in [3.05, 3.63) is 46.2 Å². The molecule has 0 spiro atoms. The summed E-state index contributed by atoms with van der Waals surface area (Å²) in [6.45, 7) is -0.838. The molecule has 1 aromatic carbocycles. The third kappa shape index (κ3) is 4.41. The van der Waals surface area contributed by atoms with E-state index in [1.165, 1.54) is 12.1 Å². The summed E-state index contributed by atoms with van der Waals surface area (Å²) in [5, 5.41) is 14.1. The van der Waals surface area contributed by atoms with E-state index in [4.69, 9.17) is 4.74 Å². The van der Waals surface area contributed by atoms with Crippen molar-refractivity contribution in [2.24, 2.45) is 0 Å². The Morgan fingerprint density at radius 3 is 2.67 bits per heavy atom. The molecule has 0 aliphatic carbocycles. The highest BCUT2D eigenvalue weighted by molar-refractivity contribution is 7.07. The standard InChI is InChI=1S/C15H16F2O3S/c1-2-19-14-8-11(3-4-13(14)20-15(16)17)12(18)7-10-5-6-21-9-10/h3-6,8-9,12,15,18H,2,7H2,1H3. The molecule has 1 heterocycles.